The molecule has 0 N–H and O–H groups in total. The molecule has 9 heteroatoms. The van der Waals surface area contributed by atoms with Gasteiger partial charge in [-0.2, -0.15) is 0 Å². The summed E-state index contributed by atoms with van der Waals surface area (Å²) >= 11 is 1.13. The maximum absolute atomic E-state index is 12.2. The molecule has 2 heterocycles. The lowest BCUT2D eigenvalue weighted by atomic mass is 10.2. The van der Waals surface area contributed by atoms with Gasteiger partial charge in [0.15, 0.2) is 0 Å². The molecular formula is C16H26N2O5S2. The monoisotopic (exact) mass is 390 g/mol. The standard InChI is InChI=1S/C16H26N2O5S2/c1-16(2,3)23-15(19)13-5-6-14(24-13)18(25(4,20)21)8-7-17-9-11-22-12-10-17/h5-6H,7-12H2,1-4H3. The molecule has 0 bridgehead atoms. The summed E-state index contributed by atoms with van der Waals surface area (Å²) in [6.07, 6.45) is 1.18. The summed E-state index contributed by atoms with van der Waals surface area (Å²) < 4.78 is 36.4. The van der Waals surface area contributed by atoms with Gasteiger partial charge in [0, 0.05) is 26.2 Å². The van der Waals surface area contributed by atoms with Gasteiger partial charge in [-0.15, -0.1) is 11.3 Å². The number of esters is 1. The van der Waals surface area contributed by atoms with Gasteiger partial charge >= 0.3 is 5.97 Å². The Hall–Kier alpha value is -1.16. The highest BCUT2D eigenvalue weighted by Gasteiger charge is 2.24. The van der Waals surface area contributed by atoms with E-state index in [1.807, 2.05) is 0 Å². The minimum Gasteiger partial charge on any atom is -0.456 e. The molecule has 0 spiro atoms. The molecule has 1 aromatic heterocycles. The number of carbonyl (C=O) groups excluding carboxylic acids is 1. The van der Waals surface area contributed by atoms with Crippen LogP contribution in [0.1, 0.15) is 30.4 Å². The topological polar surface area (TPSA) is 76.2 Å². The second-order valence-electron chi connectivity index (χ2n) is 6.93. The summed E-state index contributed by atoms with van der Waals surface area (Å²) in [4.78, 5) is 14.7. The molecule has 0 unspecified atom stereocenters. The molecule has 0 aliphatic carbocycles. The van der Waals surface area contributed by atoms with Gasteiger partial charge in [0.2, 0.25) is 10.0 Å². The number of carbonyl (C=O) groups is 1. The van der Waals surface area contributed by atoms with Gasteiger partial charge in [0.05, 0.1) is 19.5 Å². The highest BCUT2D eigenvalue weighted by molar-refractivity contribution is 7.92. The first kappa shape index (κ1) is 20.2. The van der Waals surface area contributed by atoms with Crippen LogP contribution in [0.3, 0.4) is 0 Å². The van der Waals surface area contributed by atoms with Crippen LogP contribution in [0.2, 0.25) is 0 Å². The third kappa shape index (κ3) is 6.25. The van der Waals surface area contributed by atoms with Crippen molar-refractivity contribution >= 4 is 32.3 Å². The molecule has 1 saturated heterocycles. The second kappa shape index (κ2) is 8.03. The summed E-state index contributed by atoms with van der Waals surface area (Å²) in [6, 6.07) is 3.27. The highest BCUT2D eigenvalue weighted by Crippen LogP contribution is 2.29. The first-order chi connectivity index (χ1) is 11.6. The average molecular weight is 391 g/mol. The normalized spacial score (nSPS) is 16.6. The maximum atomic E-state index is 12.2. The van der Waals surface area contributed by atoms with Crippen LogP contribution in [0.15, 0.2) is 12.1 Å². The molecule has 0 atom stereocenters. The minimum atomic E-state index is -3.43. The summed E-state index contributed by atoms with van der Waals surface area (Å²) in [7, 11) is -3.43. The molecular weight excluding hydrogens is 364 g/mol. The Kier molecular flexibility index (Phi) is 6.47. The highest BCUT2D eigenvalue weighted by atomic mass is 32.2. The Morgan fingerprint density at radius 3 is 2.52 bits per heavy atom. The second-order valence-corrected chi connectivity index (χ2v) is 9.90. The van der Waals surface area contributed by atoms with Crippen molar-refractivity contribution in [3.05, 3.63) is 17.0 Å². The van der Waals surface area contributed by atoms with Gasteiger partial charge in [-0.3, -0.25) is 9.21 Å². The zero-order valence-corrected chi connectivity index (χ0v) is 16.8. The van der Waals surface area contributed by atoms with Crippen LogP contribution in [-0.4, -0.2) is 70.5 Å². The molecule has 1 aromatic rings. The van der Waals surface area contributed by atoms with Crippen LogP contribution < -0.4 is 4.31 Å². The SMILES string of the molecule is CC(C)(C)OC(=O)c1ccc(N(CCN2CCOCC2)S(C)(=O)=O)s1. The number of hydrogen-bond acceptors (Lipinski definition) is 7. The lowest BCUT2D eigenvalue weighted by Gasteiger charge is -2.29. The maximum Gasteiger partial charge on any atom is 0.348 e. The molecule has 1 aliphatic rings. The third-order valence-electron chi connectivity index (χ3n) is 3.56. The van der Waals surface area contributed by atoms with E-state index in [0.717, 1.165) is 24.4 Å². The van der Waals surface area contributed by atoms with Crippen molar-refractivity contribution in [2.24, 2.45) is 0 Å². The molecule has 1 aliphatic heterocycles. The predicted molar refractivity (Wildman–Crippen MR) is 98.9 cm³/mol. The van der Waals surface area contributed by atoms with Gasteiger partial charge in [0.25, 0.3) is 0 Å². The Labute approximate surface area is 153 Å². The van der Waals surface area contributed by atoms with Crippen LogP contribution in [0.4, 0.5) is 5.00 Å². The van der Waals surface area contributed by atoms with E-state index in [1.54, 1.807) is 32.9 Å². The number of ether oxygens (including phenoxy) is 2. The van der Waals surface area contributed by atoms with Gasteiger partial charge in [-0.25, -0.2) is 13.2 Å². The van der Waals surface area contributed by atoms with Crippen molar-refractivity contribution in [2.45, 2.75) is 26.4 Å². The summed E-state index contributed by atoms with van der Waals surface area (Å²) in [5, 5.41) is 0.525. The van der Waals surface area contributed by atoms with Crippen molar-refractivity contribution < 1.29 is 22.7 Å². The van der Waals surface area contributed by atoms with Crippen molar-refractivity contribution in [1.82, 2.24) is 4.90 Å². The van der Waals surface area contributed by atoms with Crippen LogP contribution in [0.5, 0.6) is 0 Å². The molecule has 0 amide bonds. The van der Waals surface area contributed by atoms with Crippen molar-refractivity contribution in [3.63, 3.8) is 0 Å². The molecule has 2 rings (SSSR count). The average Bonchev–Trinajstić information content (AvgIpc) is 2.95. The molecule has 0 saturated carbocycles. The Morgan fingerprint density at radius 2 is 1.96 bits per heavy atom. The lowest BCUT2D eigenvalue weighted by Crippen LogP contribution is -2.42. The van der Waals surface area contributed by atoms with Crippen molar-refractivity contribution in [1.29, 1.82) is 0 Å². The van der Waals surface area contributed by atoms with E-state index in [0.29, 0.717) is 36.2 Å². The van der Waals surface area contributed by atoms with Crippen LogP contribution in [0.25, 0.3) is 0 Å². The molecule has 25 heavy (non-hydrogen) atoms. The minimum absolute atomic E-state index is 0.340. The molecule has 7 nitrogen and oxygen atoms in total. The number of nitrogens with zero attached hydrogens (tertiary/aromatic N) is 2. The van der Waals surface area contributed by atoms with E-state index in [2.05, 4.69) is 4.90 Å². The van der Waals surface area contributed by atoms with Crippen LogP contribution in [0, 0.1) is 0 Å². The Morgan fingerprint density at radius 1 is 1.32 bits per heavy atom. The summed E-state index contributed by atoms with van der Waals surface area (Å²) in [5.41, 5.74) is -0.589. The van der Waals surface area contributed by atoms with E-state index in [9.17, 15) is 13.2 Å². The fourth-order valence-corrected chi connectivity index (χ4v) is 4.53. The Balaban J connectivity index is 2.09. The number of anilines is 1. The first-order valence-corrected chi connectivity index (χ1v) is 10.8. The third-order valence-corrected chi connectivity index (χ3v) is 5.94. The molecule has 1 fully saturated rings. The largest absolute Gasteiger partial charge is 0.456 e. The molecule has 0 aromatic carbocycles. The molecule has 142 valence electrons. The van der Waals surface area contributed by atoms with E-state index in [1.165, 1.54) is 10.6 Å². The first-order valence-electron chi connectivity index (χ1n) is 8.17. The smallest absolute Gasteiger partial charge is 0.348 e. The van der Waals surface area contributed by atoms with Crippen LogP contribution >= 0.6 is 11.3 Å². The van der Waals surface area contributed by atoms with Gasteiger partial charge in [-0.1, -0.05) is 0 Å². The van der Waals surface area contributed by atoms with Crippen molar-refractivity contribution in [3.8, 4) is 0 Å². The number of thiophene rings is 1. The van der Waals surface area contributed by atoms with Gasteiger partial charge < -0.3 is 9.47 Å². The zero-order valence-electron chi connectivity index (χ0n) is 15.1. The van der Waals surface area contributed by atoms with E-state index in [4.69, 9.17) is 9.47 Å². The lowest BCUT2D eigenvalue weighted by molar-refractivity contribution is 0.00752. The number of morpholine rings is 1. The number of sulfonamides is 1. The van der Waals surface area contributed by atoms with E-state index >= 15 is 0 Å². The number of rotatable bonds is 6. The van der Waals surface area contributed by atoms with E-state index in [-0.39, 0.29) is 0 Å². The predicted octanol–water partition coefficient (Wildman–Crippen LogP) is 1.80. The fourth-order valence-electron chi connectivity index (χ4n) is 2.40. The number of hydrogen-bond donors (Lipinski definition) is 0. The van der Waals surface area contributed by atoms with E-state index < -0.39 is 21.6 Å². The van der Waals surface area contributed by atoms with Gasteiger partial charge in [-0.05, 0) is 32.9 Å². The fraction of sp³-hybridized carbons (Fsp3) is 0.688. The molecule has 0 radical (unpaired) electrons. The zero-order chi connectivity index (χ0) is 18.7. The summed E-state index contributed by atoms with van der Waals surface area (Å²) in [5.74, 6) is -0.439. The van der Waals surface area contributed by atoms with Gasteiger partial charge in [0.1, 0.15) is 15.5 Å². The Bertz CT molecular complexity index is 688. The van der Waals surface area contributed by atoms with Crippen LogP contribution in [-0.2, 0) is 19.5 Å². The summed E-state index contributed by atoms with van der Waals surface area (Å²) in [6.45, 7) is 9.28. The van der Waals surface area contributed by atoms with Crippen molar-refractivity contribution in [2.75, 3.05) is 50.0 Å². The quantitative estimate of drug-likeness (QED) is 0.690.